The number of rotatable bonds is 13. The lowest BCUT2D eigenvalue weighted by Gasteiger charge is -2.32. The molecule has 3 N–H and O–H groups in total. The lowest BCUT2D eigenvalue weighted by atomic mass is 9.76. The Morgan fingerprint density at radius 1 is 0.944 bits per heavy atom. The standard InChI is InChI=1S/C27H40N2O4S.2ClH/c1-32-26-16-14-22-23(25(28)15-13-24(22)27(26)33-2)8-6-4-5-7-18-29-19-17-20-9-11-21(12-10-20)34(3,30)31;;/h9-12,14,16,23,25,29H,4-8,13,15,17-19,28H2,1-3H3;2*1H. The first kappa shape index (κ1) is 32.5. The summed E-state index contributed by atoms with van der Waals surface area (Å²) in [4.78, 5) is 0.376. The molecule has 3 rings (SSSR count). The van der Waals surface area contributed by atoms with Gasteiger partial charge in [0, 0.05) is 17.9 Å². The van der Waals surface area contributed by atoms with Crippen LogP contribution in [-0.2, 0) is 22.7 Å². The van der Waals surface area contributed by atoms with Crippen molar-refractivity contribution in [1.82, 2.24) is 5.32 Å². The zero-order valence-corrected chi connectivity index (χ0v) is 24.1. The highest BCUT2D eigenvalue weighted by Gasteiger charge is 2.29. The summed E-state index contributed by atoms with van der Waals surface area (Å²) >= 11 is 0. The minimum absolute atomic E-state index is 0. The molecule has 0 saturated heterocycles. The molecule has 2 aromatic carbocycles. The van der Waals surface area contributed by atoms with Crippen molar-refractivity contribution < 1.29 is 17.9 Å². The van der Waals surface area contributed by atoms with Crippen molar-refractivity contribution >= 4 is 34.7 Å². The van der Waals surface area contributed by atoms with Crippen LogP contribution in [0.4, 0.5) is 0 Å². The average molecular weight is 562 g/mol. The lowest BCUT2D eigenvalue weighted by Crippen LogP contribution is -2.33. The monoisotopic (exact) mass is 560 g/mol. The number of nitrogens with one attached hydrogen (secondary N) is 1. The van der Waals surface area contributed by atoms with Crippen LogP contribution in [0, 0.1) is 0 Å². The van der Waals surface area contributed by atoms with Crippen LogP contribution in [-0.4, -0.2) is 48.0 Å². The zero-order chi connectivity index (χ0) is 24.6. The molecule has 0 aromatic heterocycles. The van der Waals surface area contributed by atoms with Crippen molar-refractivity contribution in [2.45, 2.75) is 68.2 Å². The highest BCUT2D eigenvalue weighted by atomic mass is 35.5. The van der Waals surface area contributed by atoms with Crippen LogP contribution in [0.2, 0.25) is 0 Å². The van der Waals surface area contributed by atoms with E-state index in [4.69, 9.17) is 15.2 Å². The van der Waals surface area contributed by atoms with Gasteiger partial charge in [0.1, 0.15) is 0 Å². The van der Waals surface area contributed by atoms with Crippen LogP contribution < -0.4 is 20.5 Å². The van der Waals surface area contributed by atoms with Crippen LogP contribution in [0.5, 0.6) is 11.5 Å². The fourth-order valence-corrected chi connectivity index (χ4v) is 5.58. The second-order valence-electron chi connectivity index (χ2n) is 9.30. The summed E-state index contributed by atoms with van der Waals surface area (Å²) in [5, 5.41) is 3.50. The van der Waals surface area contributed by atoms with Gasteiger partial charge in [0.25, 0.3) is 0 Å². The number of hydrogen-bond acceptors (Lipinski definition) is 6. The molecular weight excluding hydrogens is 519 g/mol. The quantitative estimate of drug-likeness (QED) is 0.331. The molecule has 0 bridgehead atoms. The Balaban J connectivity index is 0.00000324. The number of hydrogen-bond donors (Lipinski definition) is 2. The Hall–Kier alpha value is -1.51. The van der Waals surface area contributed by atoms with Crippen molar-refractivity contribution in [3.63, 3.8) is 0 Å². The maximum Gasteiger partial charge on any atom is 0.175 e. The Kier molecular flexibility index (Phi) is 14.2. The van der Waals surface area contributed by atoms with Crippen LogP contribution in [0.1, 0.15) is 61.1 Å². The van der Waals surface area contributed by atoms with Gasteiger partial charge >= 0.3 is 0 Å². The van der Waals surface area contributed by atoms with E-state index in [9.17, 15) is 8.42 Å². The molecule has 0 amide bonds. The van der Waals surface area contributed by atoms with E-state index in [1.807, 2.05) is 18.2 Å². The van der Waals surface area contributed by atoms with E-state index >= 15 is 0 Å². The first-order valence-corrected chi connectivity index (χ1v) is 14.2. The van der Waals surface area contributed by atoms with E-state index in [1.165, 1.54) is 36.6 Å². The molecule has 2 atom stereocenters. The molecule has 6 nitrogen and oxygen atoms in total. The fourth-order valence-electron chi connectivity index (χ4n) is 4.95. The number of benzene rings is 2. The summed E-state index contributed by atoms with van der Waals surface area (Å²) in [7, 11) is 0.272. The van der Waals surface area contributed by atoms with E-state index in [0.717, 1.165) is 62.3 Å². The van der Waals surface area contributed by atoms with Gasteiger partial charge in [0.05, 0.1) is 19.1 Å². The van der Waals surface area contributed by atoms with Gasteiger partial charge < -0.3 is 20.5 Å². The van der Waals surface area contributed by atoms with Gasteiger partial charge in [-0.25, -0.2) is 8.42 Å². The SMILES string of the molecule is COc1ccc2c(c1OC)CCC(N)C2CCCCCCNCCc1ccc(S(C)(=O)=O)cc1.Cl.Cl. The molecule has 2 aromatic rings. The maximum atomic E-state index is 11.5. The summed E-state index contributed by atoms with van der Waals surface area (Å²) in [5.74, 6) is 2.05. The largest absolute Gasteiger partial charge is 0.493 e. The van der Waals surface area contributed by atoms with Crippen LogP contribution in [0.15, 0.2) is 41.3 Å². The topological polar surface area (TPSA) is 90.7 Å². The van der Waals surface area contributed by atoms with Crippen molar-refractivity contribution in [2.24, 2.45) is 5.73 Å². The van der Waals surface area contributed by atoms with Gasteiger partial charge in [-0.1, -0.05) is 37.5 Å². The van der Waals surface area contributed by atoms with Crippen molar-refractivity contribution in [1.29, 1.82) is 0 Å². The lowest BCUT2D eigenvalue weighted by molar-refractivity contribution is 0.343. The molecule has 2 unspecified atom stereocenters. The zero-order valence-electron chi connectivity index (χ0n) is 21.6. The van der Waals surface area contributed by atoms with Crippen molar-refractivity contribution in [3.8, 4) is 11.5 Å². The Morgan fingerprint density at radius 2 is 1.64 bits per heavy atom. The molecule has 0 saturated carbocycles. The molecule has 36 heavy (non-hydrogen) atoms. The third-order valence-corrected chi connectivity index (χ3v) is 8.02. The van der Waals surface area contributed by atoms with Gasteiger partial charge in [0.2, 0.25) is 0 Å². The van der Waals surface area contributed by atoms with E-state index in [0.29, 0.717) is 10.8 Å². The normalized spacial score (nSPS) is 16.9. The van der Waals surface area contributed by atoms with Gasteiger partial charge in [-0.15, -0.1) is 24.8 Å². The summed E-state index contributed by atoms with van der Waals surface area (Å²) < 4.78 is 34.2. The molecule has 0 aliphatic heterocycles. The molecule has 0 spiro atoms. The minimum Gasteiger partial charge on any atom is -0.493 e. The molecule has 0 radical (unpaired) electrons. The maximum absolute atomic E-state index is 11.5. The third kappa shape index (κ3) is 8.80. The predicted octanol–water partition coefficient (Wildman–Crippen LogP) is 5.09. The number of ether oxygens (including phenoxy) is 2. The Bertz CT molecular complexity index is 1030. The van der Waals surface area contributed by atoms with Gasteiger partial charge in [0.15, 0.2) is 21.3 Å². The third-order valence-electron chi connectivity index (χ3n) is 6.89. The first-order valence-electron chi connectivity index (χ1n) is 12.3. The van der Waals surface area contributed by atoms with Gasteiger partial charge in [-0.05, 0) is 80.4 Å². The van der Waals surface area contributed by atoms with Crippen LogP contribution in [0.25, 0.3) is 0 Å². The van der Waals surface area contributed by atoms with E-state index < -0.39 is 9.84 Å². The molecule has 0 heterocycles. The number of fused-ring (bicyclic) bond motifs is 1. The van der Waals surface area contributed by atoms with Crippen molar-refractivity contribution in [3.05, 3.63) is 53.1 Å². The molecule has 1 aliphatic carbocycles. The molecular formula is C27H42Cl2N2O4S. The second-order valence-corrected chi connectivity index (χ2v) is 11.3. The summed E-state index contributed by atoms with van der Waals surface area (Å²) in [6.45, 7) is 1.90. The van der Waals surface area contributed by atoms with Gasteiger partial charge in [-0.2, -0.15) is 0 Å². The summed E-state index contributed by atoms with van der Waals surface area (Å²) in [6, 6.07) is 11.6. The smallest absolute Gasteiger partial charge is 0.175 e. The molecule has 204 valence electrons. The highest BCUT2D eigenvalue weighted by Crippen LogP contribution is 2.43. The Morgan fingerprint density at radius 3 is 2.28 bits per heavy atom. The average Bonchev–Trinajstić information content (AvgIpc) is 2.82. The Labute approximate surface area is 229 Å². The van der Waals surface area contributed by atoms with E-state index in [-0.39, 0.29) is 30.9 Å². The number of nitrogens with two attached hydrogens (primary N) is 1. The second kappa shape index (κ2) is 15.7. The summed E-state index contributed by atoms with van der Waals surface area (Å²) in [5.41, 5.74) is 10.3. The first-order chi connectivity index (χ1) is 16.3. The molecule has 0 fully saturated rings. The van der Waals surface area contributed by atoms with Crippen molar-refractivity contribution in [2.75, 3.05) is 33.6 Å². The van der Waals surface area contributed by atoms with Crippen LogP contribution >= 0.6 is 24.8 Å². The minimum atomic E-state index is -3.12. The van der Waals surface area contributed by atoms with Gasteiger partial charge in [-0.3, -0.25) is 0 Å². The summed E-state index contributed by atoms with van der Waals surface area (Å²) in [6.07, 6.45) is 9.93. The number of halogens is 2. The van der Waals surface area contributed by atoms with E-state index in [2.05, 4.69) is 11.4 Å². The molecule has 1 aliphatic rings. The number of unbranched alkanes of at least 4 members (excludes halogenated alkanes) is 3. The highest BCUT2D eigenvalue weighted by molar-refractivity contribution is 7.90. The van der Waals surface area contributed by atoms with Crippen LogP contribution in [0.3, 0.4) is 0 Å². The predicted molar refractivity (Wildman–Crippen MR) is 152 cm³/mol. The number of methoxy groups -OCH3 is 2. The van der Waals surface area contributed by atoms with E-state index in [1.54, 1.807) is 26.4 Å². The molecule has 9 heteroatoms. The fraction of sp³-hybridized carbons (Fsp3) is 0.556. The number of sulfone groups is 1.